The second kappa shape index (κ2) is 11.1. The molecule has 1 aromatic carbocycles. The van der Waals surface area contributed by atoms with E-state index in [2.05, 4.69) is 11.9 Å². The lowest BCUT2D eigenvalue weighted by Crippen LogP contribution is -2.32. The zero-order chi connectivity index (χ0) is 24.0. The van der Waals surface area contributed by atoms with Crippen LogP contribution in [0.1, 0.15) is 48.9 Å². The third-order valence-electron chi connectivity index (χ3n) is 5.75. The SMILES string of the molecule is CCCCOc1ccc(C(O)=C2C(=O)C(=O)N(CCCN(C)C)[C@H]2c2cccnc2)cc1C. The maximum absolute atomic E-state index is 13.1. The lowest BCUT2D eigenvalue weighted by atomic mass is 9.95. The number of ether oxygens (including phenoxy) is 1. The fourth-order valence-electron chi connectivity index (χ4n) is 3.99. The number of Topliss-reactive ketones (excluding diaryl/α,β-unsaturated/α-hetero) is 1. The Morgan fingerprint density at radius 3 is 2.64 bits per heavy atom. The summed E-state index contributed by atoms with van der Waals surface area (Å²) in [6, 6.07) is 8.22. The van der Waals surface area contributed by atoms with E-state index in [4.69, 9.17) is 4.74 Å². The lowest BCUT2D eigenvalue weighted by molar-refractivity contribution is -0.139. The number of carbonyl (C=O) groups excluding carboxylic acids is 2. The van der Waals surface area contributed by atoms with E-state index in [0.717, 1.165) is 30.7 Å². The molecule has 0 saturated carbocycles. The van der Waals surface area contributed by atoms with Crippen LogP contribution in [0.5, 0.6) is 5.75 Å². The molecule has 1 atom stereocenters. The normalized spacial score (nSPS) is 17.7. The zero-order valence-corrected chi connectivity index (χ0v) is 19.9. The number of rotatable bonds is 10. The number of aryl methyl sites for hydroxylation is 1. The molecule has 0 radical (unpaired) electrons. The molecule has 1 aliphatic heterocycles. The number of benzene rings is 1. The van der Waals surface area contributed by atoms with Crippen molar-refractivity contribution in [2.45, 2.75) is 39.2 Å². The Kier molecular flexibility index (Phi) is 8.22. The summed E-state index contributed by atoms with van der Waals surface area (Å²) in [5, 5.41) is 11.2. The summed E-state index contributed by atoms with van der Waals surface area (Å²) >= 11 is 0. The molecule has 7 heteroatoms. The number of unbranched alkanes of at least 4 members (excludes halogenated alkanes) is 1. The van der Waals surface area contributed by atoms with Crippen LogP contribution < -0.4 is 4.74 Å². The maximum Gasteiger partial charge on any atom is 0.295 e. The van der Waals surface area contributed by atoms with E-state index in [9.17, 15) is 14.7 Å². The first-order valence-electron chi connectivity index (χ1n) is 11.4. The summed E-state index contributed by atoms with van der Waals surface area (Å²) in [4.78, 5) is 33.8. The third-order valence-corrected chi connectivity index (χ3v) is 5.75. The molecule has 1 fully saturated rings. The number of likely N-dealkylation sites (tertiary alicyclic amines) is 1. The highest BCUT2D eigenvalue weighted by Crippen LogP contribution is 2.39. The van der Waals surface area contributed by atoms with Crippen LogP contribution in [0, 0.1) is 6.92 Å². The maximum atomic E-state index is 13.1. The Hall–Kier alpha value is -3.19. The molecule has 0 bridgehead atoms. The molecule has 2 heterocycles. The van der Waals surface area contributed by atoms with E-state index in [1.807, 2.05) is 32.0 Å². The van der Waals surface area contributed by atoms with Crippen molar-refractivity contribution in [1.29, 1.82) is 0 Å². The van der Waals surface area contributed by atoms with Gasteiger partial charge in [-0.25, -0.2) is 0 Å². The van der Waals surface area contributed by atoms with Gasteiger partial charge in [0.05, 0.1) is 18.2 Å². The van der Waals surface area contributed by atoms with Gasteiger partial charge in [0.25, 0.3) is 11.7 Å². The molecule has 2 aromatic rings. The van der Waals surface area contributed by atoms with Gasteiger partial charge >= 0.3 is 0 Å². The van der Waals surface area contributed by atoms with E-state index < -0.39 is 17.7 Å². The lowest BCUT2D eigenvalue weighted by Gasteiger charge is -2.25. The van der Waals surface area contributed by atoms with Gasteiger partial charge in [0.2, 0.25) is 0 Å². The van der Waals surface area contributed by atoms with E-state index in [1.54, 1.807) is 41.6 Å². The van der Waals surface area contributed by atoms with E-state index in [0.29, 0.717) is 30.7 Å². The molecular weight excluding hydrogens is 418 g/mol. The fraction of sp³-hybridized carbons (Fsp3) is 0.423. The number of aliphatic hydroxyl groups excluding tert-OH is 1. The molecule has 3 rings (SSSR count). The molecule has 1 saturated heterocycles. The Morgan fingerprint density at radius 1 is 1.21 bits per heavy atom. The molecule has 1 N–H and O–H groups in total. The van der Waals surface area contributed by atoms with Gasteiger partial charge in [-0.15, -0.1) is 0 Å². The number of hydrogen-bond donors (Lipinski definition) is 1. The van der Waals surface area contributed by atoms with Crippen LogP contribution in [0.4, 0.5) is 0 Å². The second-order valence-electron chi connectivity index (χ2n) is 8.62. The summed E-state index contributed by atoms with van der Waals surface area (Å²) in [7, 11) is 3.93. The first-order valence-corrected chi connectivity index (χ1v) is 11.4. The molecule has 176 valence electrons. The van der Waals surface area contributed by atoms with Crippen LogP contribution in [0.2, 0.25) is 0 Å². The second-order valence-corrected chi connectivity index (χ2v) is 8.62. The van der Waals surface area contributed by atoms with E-state index in [-0.39, 0.29) is 11.3 Å². The van der Waals surface area contributed by atoms with Crippen molar-refractivity contribution < 1.29 is 19.4 Å². The zero-order valence-electron chi connectivity index (χ0n) is 19.9. The van der Waals surface area contributed by atoms with Crippen molar-refractivity contribution in [3.63, 3.8) is 0 Å². The topological polar surface area (TPSA) is 83.0 Å². The van der Waals surface area contributed by atoms with Gasteiger partial charge in [-0.05, 0) is 75.8 Å². The van der Waals surface area contributed by atoms with Crippen molar-refractivity contribution in [3.05, 3.63) is 65.0 Å². The van der Waals surface area contributed by atoms with Crippen LogP contribution in [-0.2, 0) is 9.59 Å². The number of aliphatic hydroxyl groups is 1. The number of hydrogen-bond acceptors (Lipinski definition) is 6. The number of aromatic nitrogens is 1. The van der Waals surface area contributed by atoms with Gasteiger partial charge in [-0.2, -0.15) is 0 Å². The van der Waals surface area contributed by atoms with Crippen molar-refractivity contribution in [2.75, 3.05) is 33.8 Å². The van der Waals surface area contributed by atoms with Gasteiger partial charge in [0.15, 0.2) is 0 Å². The fourth-order valence-corrected chi connectivity index (χ4v) is 3.99. The molecule has 33 heavy (non-hydrogen) atoms. The minimum absolute atomic E-state index is 0.0944. The third kappa shape index (κ3) is 5.60. The molecule has 7 nitrogen and oxygen atoms in total. The smallest absolute Gasteiger partial charge is 0.295 e. The molecular formula is C26H33N3O4. The Bertz CT molecular complexity index is 1020. The summed E-state index contributed by atoms with van der Waals surface area (Å²) in [5.74, 6) is -0.707. The predicted molar refractivity (Wildman–Crippen MR) is 128 cm³/mol. The van der Waals surface area contributed by atoms with Crippen LogP contribution in [0.15, 0.2) is 48.3 Å². The van der Waals surface area contributed by atoms with Crippen LogP contribution in [0.25, 0.3) is 5.76 Å². The molecule has 0 aliphatic carbocycles. The van der Waals surface area contributed by atoms with Crippen molar-refractivity contribution >= 4 is 17.4 Å². The molecule has 1 amide bonds. The summed E-state index contributed by atoms with van der Waals surface area (Å²) < 4.78 is 5.81. The molecule has 0 spiro atoms. The first kappa shape index (κ1) is 24.5. The van der Waals surface area contributed by atoms with Gasteiger partial charge in [0, 0.05) is 24.5 Å². The van der Waals surface area contributed by atoms with Gasteiger partial charge in [0.1, 0.15) is 11.5 Å². The highest BCUT2D eigenvalue weighted by Gasteiger charge is 2.45. The number of amides is 1. The Balaban J connectivity index is 1.99. The van der Waals surface area contributed by atoms with Crippen molar-refractivity contribution in [1.82, 2.24) is 14.8 Å². The Morgan fingerprint density at radius 2 is 2.00 bits per heavy atom. The molecule has 0 unspecified atom stereocenters. The number of nitrogens with zero attached hydrogens (tertiary/aromatic N) is 3. The minimum Gasteiger partial charge on any atom is -0.507 e. The monoisotopic (exact) mass is 451 g/mol. The summed E-state index contributed by atoms with van der Waals surface area (Å²) in [6.07, 6.45) is 5.99. The highest BCUT2D eigenvalue weighted by atomic mass is 16.5. The van der Waals surface area contributed by atoms with Crippen molar-refractivity contribution in [3.8, 4) is 5.75 Å². The minimum atomic E-state index is -0.679. The highest BCUT2D eigenvalue weighted by molar-refractivity contribution is 6.46. The quantitative estimate of drug-likeness (QED) is 0.255. The van der Waals surface area contributed by atoms with Crippen LogP contribution in [0.3, 0.4) is 0 Å². The predicted octanol–water partition coefficient (Wildman–Crippen LogP) is 3.94. The van der Waals surface area contributed by atoms with Gasteiger partial charge in [-0.1, -0.05) is 19.4 Å². The average Bonchev–Trinajstić information content (AvgIpc) is 3.05. The summed E-state index contributed by atoms with van der Waals surface area (Å²) in [5.41, 5.74) is 2.13. The average molecular weight is 452 g/mol. The van der Waals surface area contributed by atoms with Crippen LogP contribution in [-0.4, -0.2) is 65.4 Å². The van der Waals surface area contributed by atoms with Gasteiger partial charge in [-0.3, -0.25) is 14.6 Å². The molecule has 1 aromatic heterocycles. The largest absolute Gasteiger partial charge is 0.507 e. The number of pyridine rings is 1. The van der Waals surface area contributed by atoms with Crippen molar-refractivity contribution in [2.24, 2.45) is 0 Å². The van der Waals surface area contributed by atoms with E-state index >= 15 is 0 Å². The standard InChI is InChI=1S/C26H33N3O4/c1-5-6-15-33-21-11-10-19(16-18(21)2)24(30)22-23(20-9-7-12-27-17-20)29(26(32)25(22)31)14-8-13-28(3)4/h7,9-12,16-17,23,30H,5-6,8,13-15H2,1-4H3/t23-/m0/s1. The summed E-state index contributed by atoms with van der Waals surface area (Å²) in [6.45, 7) is 5.81. The van der Waals surface area contributed by atoms with Crippen LogP contribution >= 0.6 is 0 Å². The van der Waals surface area contributed by atoms with Gasteiger partial charge < -0.3 is 19.6 Å². The number of ketones is 1. The Labute approximate surface area is 195 Å². The van der Waals surface area contributed by atoms with E-state index in [1.165, 1.54) is 0 Å². The molecule has 1 aliphatic rings. The first-order chi connectivity index (χ1) is 15.8. The number of carbonyl (C=O) groups is 2.